The second-order valence-electron chi connectivity index (χ2n) is 12.7. The number of piperazine rings is 1. The molecule has 11 nitrogen and oxygen atoms in total. The second kappa shape index (κ2) is 14.3. The lowest BCUT2D eigenvalue weighted by molar-refractivity contribution is -0.384. The highest BCUT2D eigenvalue weighted by Crippen LogP contribution is 2.32. The normalized spacial score (nSPS) is 15.7. The molecular weight excluding hydrogens is 620 g/mol. The first-order valence-corrected chi connectivity index (χ1v) is 16.8. The molecule has 1 aliphatic heterocycles. The number of amides is 2. The number of rotatable bonds is 9. The molecular formula is C38H38N6O5. The molecule has 7 rings (SSSR count). The Labute approximate surface area is 284 Å². The molecule has 0 bridgehead atoms. The zero-order valence-electron chi connectivity index (χ0n) is 27.1. The number of oxazole rings is 1. The van der Waals surface area contributed by atoms with Crippen molar-refractivity contribution in [2.45, 2.75) is 44.2 Å². The van der Waals surface area contributed by atoms with Gasteiger partial charge in [0.05, 0.1) is 11.0 Å². The van der Waals surface area contributed by atoms with E-state index in [-0.39, 0.29) is 35.3 Å². The number of benzene rings is 4. The summed E-state index contributed by atoms with van der Waals surface area (Å²) in [5.41, 5.74) is 4.10. The Morgan fingerprint density at radius 3 is 2.12 bits per heavy atom. The SMILES string of the molecule is O=C(Nc1nc2cc(C(=O)N3CCN(C(c4ccccc4)c4ccccc4)CC3)ccc2o1)c1ccc(NC2CCCCC2)c([N+](=O)[O-])c1. The third kappa shape index (κ3) is 7.17. The number of nitro benzene ring substituents is 1. The molecule has 1 saturated carbocycles. The van der Waals surface area contributed by atoms with E-state index in [0.29, 0.717) is 35.4 Å². The van der Waals surface area contributed by atoms with Crippen molar-refractivity contribution in [1.29, 1.82) is 0 Å². The summed E-state index contributed by atoms with van der Waals surface area (Å²) in [4.78, 5) is 46.7. The molecule has 1 aliphatic carbocycles. The molecule has 0 unspecified atom stereocenters. The quantitative estimate of drug-likeness (QED) is 0.125. The number of carbonyl (C=O) groups excluding carboxylic acids is 2. The molecule has 0 spiro atoms. The van der Waals surface area contributed by atoms with Gasteiger partial charge in [0, 0.05) is 49.4 Å². The molecule has 2 N–H and O–H groups in total. The minimum absolute atomic E-state index is 0.0573. The Morgan fingerprint density at radius 2 is 1.47 bits per heavy atom. The van der Waals surface area contributed by atoms with Crippen LogP contribution in [0.2, 0.25) is 0 Å². The third-order valence-electron chi connectivity index (χ3n) is 9.47. The van der Waals surface area contributed by atoms with E-state index in [1.165, 1.54) is 23.6 Å². The van der Waals surface area contributed by atoms with Crippen molar-refractivity contribution < 1.29 is 18.9 Å². The molecule has 250 valence electrons. The first-order valence-electron chi connectivity index (χ1n) is 16.8. The predicted molar refractivity (Wildman–Crippen MR) is 188 cm³/mol. The molecule has 11 heteroatoms. The molecule has 2 aliphatic rings. The van der Waals surface area contributed by atoms with Crippen LogP contribution in [0.25, 0.3) is 11.1 Å². The fourth-order valence-corrected chi connectivity index (χ4v) is 6.95. The fraction of sp³-hybridized carbons (Fsp3) is 0.289. The van der Waals surface area contributed by atoms with Gasteiger partial charge in [0.15, 0.2) is 5.58 Å². The Balaban J connectivity index is 1.01. The van der Waals surface area contributed by atoms with E-state index in [1.54, 1.807) is 30.3 Å². The van der Waals surface area contributed by atoms with E-state index < -0.39 is 10.8 Å². The van der Waals surface area contributed by atoms with E-state index in [9.17, 15) is 19.7 Å². The molecule has 5 aromatic rings. The molecule has 0 atom stereocenters. The lowest BCUT2D eigenvalue weighted by Crippen LogP contribution is -2.49. The maximum atomic E-state index is 13.6. The molecule has 4 aromatic carbocycles. The van der Waals surface area contributed by atoms with Crippen LogP contribution in [0, 0.1) is 10.1 Å². The Hall–Kier alpha value is -5.55. The average molecular weight is 659 g/mol. The Kier molecular flexibility index (Phi) is 9.34. The van der Waals surface area contributed by atoms with Crippen molar-refractivity contribution in [3.63, 3.8) is 0 Å². The molecule has 0 radical (unpaired) electrons. The van der Waals surface area contributed by atoms with Crippen LogP contribution in [0.3, 0.4) is 0 Å². The minimum atomic E-state index is -0.586. The van der Waals surface area contributed by atoms with E-state index in [2.05, 4.69) is 69.0 Å². The van der Waals surface area contributed by atoms with Crippen LogP contribution < -0.4 is 10.6 Å². The molecule has 1 aromatic heterocycles. The monoisotopic (exact) mass is 658 g/mol. The standard InChI is InChI=1S/C38H38N6O5/c45-36(28-16-18-31(33(25-28)44(47)48)39-30-14-8-3-9-15-30)41-38-40-32-24-29(17-19-34(32)49-38)37(46)43-22-20-42(21-23-43)35(26-10-4-1-5-11-26)27-12-6-2-7-13-27/h1-2,4-7,10-13,16-19,24-25,30,35,39H,3,8-9,14-15,20-23H2,(H,40,41,45). The lowest BCUT2D eigenvalue weighted by atomic mass is 9.95. The van der Waals surface area contributed by atoms with E-state index in [1.807, 2.05) is 17.0 Å². The van der Waals surface area contributed by atoms with Gasteiger partial charge in [0.2, 0.25) is 0 Å². The van der Waals surface area contributed by atoms with Gasteiger partial charge in [-0.15, -0.1) is 0 Å². The van der Waals surface area contributed by atoms with Crippen molar-refractivity contribution in [3.8, 4) is 0 Å². The number of nitrogens with zero attached hydrogens (tertiary/aromatic N) is 4. The van der Waals surface area contributed by atoms with Crippen LogP contribution in [0.4, 0.5) is 17.4 Å². The highest BCUT2D eigenvalue weighted by molar-refractivity contribution is 6.04. The van der Waals surface area contributed by atoms with Gasteiger partial charge in [-0.3, -0.25) is 29.9 Å². The highest BCUT2D eigenvalue weighted by Gasteiger charge is 2.29. The maximum Gasteiger partial charge on any atom is 0.302 e. The Morgan fingerprint density at radius 1 is 0.816 bits per heavy atom. The largest absolute Gasteiger partial charge is 0.423 e. The van der Waals surface area contributed by atoms with Crippen LogP contribution in [-0.4, -0.2) is 63.7 Å². The molecule has 2 heterocycles. The first kappa shape index (κ1) is 32.0. The van der Waals surface area contributed by atoms with Gasteiger partial charge >= 0.3 is 6.01 Å². The molecule has 1 saturated heterocycles. The number of carbonyl (C=O) groups is 2. The number of anilines is 2. The number of fused-ring (bicyclic) bond motifs is 1. The summed E-state index contributed by atoms with van der Waals surface area (Å²) in [7, 11) is 0. The smallest absolute Gasteiger partial charge is 0.302 e. The number of hydrogen-bond donors (Lipinski definition) is 2. The summed E-state index contributed by atoms with van der Waals surface area (Å²) < 4.78 is 5.75. The molecule has 2 fully saturated rings. The van der Waals surface area contributed by atoms with Gasteiger partial charge in [0.25, 0.3) is 17.5 Å². The fourth-order valence-electron chi connectivity index (χ4n) is 6.95. The summed E-state index contributed by atoms with van der Waals surface area (Å²) in [5, 5.41) is 17.7. The topological polar surface area (TPSA) is 134 Å². The molecule has 2 amide bonds. The van der Waals surface area contributed by atoms with Gasteiger partial charge in [-0.25, -0.2) is 0 Å². The molecule has 49 heavy (non-hydrogen) atoms. The van der Waals surface area contributed by atoms with E-state index in [4.69, 9.17) is 4.42 Å². The summed E-state index contributed by atoms with van der Waals surface area (Å²) in [6.45, 7) is 2.60. The minimum Gasteiger partial charge on any atom is -0.423 e. The van der Waals surface area contributed by atoms with Gasteiger partial charge in [-0.2, -0.15) is 4.98 Å². The van der Waals surface area contributed by atoms with E-state index in [0.717, 1.165) is 38.8 Å². The predicted octanol–water partition coefficient (Wildman–Crippen LogP) is 7.28. The van der Waals surface area contributed by atoms with Crippen molar-refractivity contribution in [2.75, 3.05) is 36.8 Å². The summed E-state index contributed by atoms with van der Waals surface area (Å²) in [5.74, 6) is -0.683. The van der Waals surface area contributed by atoms with Crippen LogP contribution in [-0.2, 0) is 0 Å². The van der Waals surface area contributed by atoms with Crippen molar-refractivity contribution in [3.05, 3.63) is 129 Å². The highest BCUT2D eigenvalue weighted by atomic mass is 16.6. The number of aromatic nitrogens is 1. The van der Waals surface area contributed by atoms with Crippen molar-refractivity contribution >= 4 is 40.3 Å². The summed E-state index contributed by atoms with van der Waals surface area (Å²) in [6, 6.07) is 30.5. The van der Waals surface area contributed by atoms with Crippen LogP contribution >= 0.6 is 0 Å². The van der Waals surface area contributed by atoms with Crippen LogP contribution in [0.5, 0.6) is 0 Å². The van der Waals surface area contributed by atoms with Crippen molar-refractivity contribution in [2.24, 2.45) is 0 Å². The average Bonchev–Trinajstić information content (AvgIpc) is 3.54. The third-order valence-corrected chi connectivity index (χ3v) is 9.47. The van der Waals surface area contributed by atoms with Crippen LogP contribution in [0.15, 0.2) is 101 Å². The lowest BCUT2D eigenvalue weighted by Gasteiger charge is -2.39. The number of nitro groups is 1. The first-order chi connectivity index (χ1) is 23.9. The van der Waals surface area contributed by atoms with Crippen molar-refractivity contribution in [1.82, 2.24) is 14.8 Å². The maximum absolute atomic E-state index is 13.6. The second-order valence-corrected chi connectivity index (χ2v) is 12.7. The van der Waals surface area contributed by atoms with E-state index >= 15 is 0 Å². The number of nitrogens with one attached hydrogen (secondary N) is 2. The summed E-state index contributed by atoms with van der Waals surface area (Å²) >= 11 is 0. The Bertz CT molecular complexity index is 1910. The number of hydrogen-bond acceptors (Lipinski definition) is 8. The zero-order valence-corrected chi connectivity index (χ0v) is 27.1. The van der Waals surface area contributed by atoms with Gasteiger partial charge in [-0.1, -0.05) is 79.9 Å². The van der Waals surface area contributed by atoms with Gasteiger partial charge in [0.1, 0.15) is 11.2 Å². The van der Waals surface area contributed by atoms with Gasteiger partial charge < -0.3 is 14.6 Å². The van der Waals surface area contributed by atoms with Crippen LogP contribution in [0.1, 0.15) is 70.0 Å². The zero-order chi connectivity index (χ0) is 33.7. The van der Waals surface area contributed by atoms with Gasteiger partial charge in [-0.05, 0) is 54.3 Å². The summed E-state index contributed by atoms with van der Waals surface area (Å²) in [6.07, 6.45) is 5.29.